The minimum atomic E-state index is -3.57. The summed E-state index contributed by atoms with van der Waals surface area (Å²) in [4.78, 5) is 11.3. The number of sulfonamides is 1. The highest BCUT2D eigenvalue weighted by atomic mass is 32.2. The van der Waals surface area contributed by atoms with Crippen LogP contribution >= 0.6 is 0 Å². The van der Waals surface area contributed by atoms with Gasteiger partial charge in [-0.25, -0.2) is 13.1 Å². The normalized spacial score (nSPS) is 19.0. The molecule has 1 fully saturated rings. The molecule has 7 heteroatoms. The quantitative estimate of drug-likeness (QED) is 0.759. The molecule has 1 aliphatic heterocycles. The highest BCUT2D eigenvalue weighted by Gasteiger charge is 2.24. The van der Waals surface area contributed by atoms with Gasteiger partial charge in [0.15, 0.2) is 0 Å². The Kier molecular flexibility index (Phi) is 4.42. The van der Waals surface area contributed by atoms with Gasteiger partial charge in [0, 0.05) is 25.2 Å². The van der Waals surface area contributed by atoms with Crippen LogP contribution in [-0.2, 0) is 14.8 Å². The summed E-state index contributed by atoms with van der Waals surface area (Å²) in [6, 6.07) is 4.78. The van der Waals surface area contributed by atoms with Gasteiger partial charge in [-0.15, -0.1) is 0 Å². The lowest BCUT2D eigenvalue weighted by molar-refractivity contribution is -0.114. The predicted molar refractivity (Wildman–Crippen MR) is 77.1 cm³/mol. The molecule has 0 saturated carbocycles. The lowest BCUT2D eigenvalue weighted by atomic mass is 10.2. The molecule has 3 N–H and O–H groups in total. The summed E-state index contributed by atoms with van der Waals surface area (Å²) >= 11 is 0. The molecule has 1 aliphatic rings. The zero-order valence-electron chi connectivity index (χ0n) is 11.6. The van der Waals surface area contributed by atoms with E-state index in [1.165, 1.54) is 13.0 Å². The second kappa shape index (κ2) is 5.90. The maximum absolute atomic E-state index is 12.4. The standard InChI is InChI=1S/C13H19N3O3S/c1-9-3-4-11(15-10(2)17)7-13(9)20(18,19)16-12-5-6-14-8-12/h3-4,7,12,14,16H,5-6,8H2,1-2H3,(H,15,17)/t12-/m1/s1. The zero-order valence-corrected chi connectivity index (χ0v) is 12.4. The molecule has 2 rings (SSSR count). The maximum Gasteiger partial charge on any atom is 0.241 e. The van der Waals surface area contributed by atoms with E-state index in [1.807, 2.05) is 0 Å². The summed E-state index contributed by atoms with van der Waals surface area (Å²) in [6.45, 7) is 4.58. The van der Waals surface area contributed by atoms with Crippen molar-refractivity contribution in [2.45, 2.75) is 31.2 Å². The molecular formula is C13H19N3O3S. The van der Waals surface area contributed by atoms with Gasteiger partial charge in [0.25, 0.3) is 0 Å². The van der Waals surface area contributed by atoms with Gasteiger partial charge in [-0.05, 0) is 37.6 Å². The van der Waals surface area contributed by atoms with Crippen molar-refractivity contribution in [3.05, 3.63) is 23.8 Å². The topological polar surface area (TPSA) is 87.3 Å². The van der Waals surface area contributed by atoms with Crippen molar-refractivity contribution in [1.82, 2.24) is 10.0 Å². The van der Waals surface area contributed by atoms with Crippen LogP contribution < -0.4 is 15.4 Å². The van der Waals surface area contributed by atoms with Crippen LogP contribution in [0.5, 0.6) is 0 Å². The van der Waals surface area contributed by atoms with Crippen LogP contribution in [0.3, 0.4) is 0 Å². The van der Waals surface area contributed by atoms with Crippen LogP contribution in [0.4, 0.5) is 5.69 Å². The summed E-state index contributed by atoms with van der Waals surface area (Å²) in [5.74, 6) is -0.231. The van der Waals surface area contributed by atoms with E-state index < -0.39 is 10.0 Å². The van der Waals surface area contributed by atoms with Gasteiger partial charge in [0.1, 0.15) is 0 Å². The van der Waals surface area contributed by atoms with Gasteiger partial charge in [0.2, 0.25) is 15.9 Å². The second-order valence-corrected chi connectivity index (χ2v) is 6.65. The van der Waals surface area contributed by atoms with E-state index in [4.69, 9.17) is 0 Å². The number of carbonyl (C=O) groups excluding carboxylic acids is 1. The van der Waals surface area contributed by atoms with E-state index in [9.17, 15) is 13.2 Å². The van der Waals surface area contributed by atoms with Crippen LogP contribution in [0.15, 0.2) is 23.1 Å². The van der Waals surface area contributed by atoms with Crippen molar-refractivity contribution < 1.29 is 13.2 Å². The van der Waals surface area contributed by atoms with E-state index in [0.717, 1.165) is 13.0 Å². The third-order valence-corrected chi connectivity index (χ3v) is 4.84. The maximum atomic E-state index is 12.4. The van der Waals surface area contributed by atoms with Crippen molar-refractivity contribution in [3.63, 3.8) is 0 Å². The number of nitrogens with one attached hydrogen (secondary N) is 3. The Labute approximate surface area is 119 Å². The summed E-state index contributed by atoms with van der Waals surface area (Å²) in [7, 11) is -3.57. The Bertz CT molecular complexity index is 607. The molecule has 0 aliphatic carbocycles. The van der Waals surface area contributed by atoms with Gasteiger partial charge in [-0.2, -0.15) is 0 Å². The molecule has 20 heavy (non-hydrogen) atoms. The summed E-state index contributed by atoms with van der Waals surface area (Å²) in [5.41, 5.74) is 1.13. The monoisotopic (exact) mass is 297 g/mol. The summed E-state index contributed by atoms with van der Waals surface area (Å²) in [6.07, 6.45) is 0.781. The van der Waals surface area contributed by atoms with Crippen molar-refractivity contribution in [2.24, 2.45) is 0 Å². The molecule has 110 valence electrons. The average Bonchev–Trinajstić information content (AvgIpc) is 2.82. The average molecular weight is 297 g/mol. The first-order valence-corrected chi connectivity index (χ1v) is 7.98. The molecule has 1 heterocycles. The van der Waals surface area contributed by atoms with Crippen LogP contribution in [0, 0.1) is 6.92 Å². The van der Waals surface area contributed by atoms with Crippen LogP contribution in [0.2, 0.25) is 0 Å². The lowest BCUT2D eigenvalue weighted by Gasteiger charge is -2.14. The SMILES string of the molecule is CC(=O)Nc1ccc(C)c(S(=O)(=O)N[C@@H]2CCNC2)c1. The molecular weight excluding hydrogens is 278 g/mol. The number of aryl methyl sites for hydroxylation is 1. The third-order valence-electron chi connectivity index (χ3n) is 3.18. The highest BCUT2D eigenvalue weighted by Crippen LogP contribution is 2.21. The fourth-order valence-electron chi connectivity index (χ4n) is 2.21. The smallest absolute Gasteiger partial charge is 0.241 e. The Hall–Kier alpha value is -1.44. The van der Waals surface area contributed by atoms with Crippen LogP contribution in [0.25, 0.3) is 0 Å². The van der Waals surface area contributed by atoms with E-state index in [-0.39, 0.29) is 16.8 Å². The minimum Gasteiger partial charge on any atom is -0.326 e. The largest absolute Gasteiger partial charge is 0.326 e. The molecule has 1 aromatic carbocycles. The Morgan fingerprint density at radius 1 is 1.40 bits per heavy atom. The Morgan fingerprint density at radius 2 is 2.15 bits per heavy atom. The number of hydrogen-bond donors (Lipinski definition) is 3. The van der Waals surface area contributed by atoms with Gasteiger partial charge < -0.3 is 10.6 Å². The first-order valence-electron chi connectivity index (χ1n) is 6.50. The van der Waals surface area contributed by atoms with Crippen molar-refractivity contribution >= 4 is 21.6 Å². The fraction of sp³-hybridized carbons (Fsp3) is 0.462. The number of carbonyl (C=O) groups is 1. The number of anilines is 1. The first kappa shape index (κ1) is 15.0. The van der Waals surface area contributed by atoms with Gasteiger partial charge in [0.05, 0.1) is 4.90 Å². The highest BCUT2D eigenvalue weighted by molar-refractivity contribution is 7.89. The van der Waals surface area contributed by atoms with E-state index in [2.05, 4.69) is 15.4 Å². The third kappa shape index (κ3) is 3.56. The van der Waals surface area contributed by atoms with E-state index in [0.29, 0.717) is 17.8 Å². The molecule has 6 nitrogen and oxygen atoms in total. The molecule has 0 radical (unpaired) electrons. The number of benzene rings is 1. The van der Waals surface area contributed by atoms with Crippen LogP contribution in [-0.4, -0.2) is 33.5 Å². The van der Waals surface area contributed by atoms with Crippen molar-refractivity contribution in [3.8, 4) is 0 Å². The Balaban J connectivity index is 2.27. The number of amides is 1. The molecule has 0 unspecified atom stereocenters. The lowest BCUT2D eigenvalue weighted by Crippen LogP contribution is -2.36. The molecule has 1 aromatic rings. The van der Waals surface area contributed by atoms with Crippen LogP contribution in [0.1, 0.15) is 18.9 Å². The van der Waals surface area contributed by atoms with Gasteiger partial charge in [-0.3, -0.25) is 4.79 Å². The van der Waals surface area contributed by atoms with Gasteiger partial charge >= 0.3 is 0 Å². The molecule has 0 spiro atoms. The molecule has 0 aromatic heterocycles. The van der Waals surface area contributed by atoms with Crippen molar-refractivity contribution in [2.75, 3.05) is 18.4 Å². The van der Waals surface area contributed by atoms with Crippen molar-refractivity contribution in [1.29, 1.82) is 0 Å². The molecule has 0 bridgehead atoms. The van der Waals surface area contributed by atoms with Gasteiger partial charge in [-0.1, -0.05) is 6.07 Å². The molecule has 1 amide bonds. The minimum absolute atomic E-state index is 0.0798. The summed E-state index contributed by atoms with van der Waals surface area (Å²) < 4.78 is 27.5. The number of hydrogen-bond acceptors (Lipinski definition) is 4. The number of rotatable bonds is 4. The summed E-state index contributed by atoms with van der Waals surface area (Å²) in [5, 5.41) is 5.71. The second-order valence-electron chi connectivity index (χ2n) is 4.97. The molecule has 1 atom stereocenters. The van der Waals surface area contributed by atoms with E-state index in [1.54, 1.807) is 19.1 Å². The predicted octanol–water partition coefficient (Wildman–Crippen LogP) is 0.594. The fourth-order valence-corrected chi connectivity index (χ4v) is 3.75. The first-order chi connectivity index (χ1) is 9.38. The Morgan fingerprint density at radius 3 is 2.75 bits per heavy atom. The molecule has 1 saturated heterocycles. The van der Waals surface area contributed by atoms with E-state index >= 15 is 0 Å². The zero-order chi connectivity index (χ0) is 14.8.